The first kappa shape index (κ1) is 13.1. The Bertz CT molecular complexity index is 754. The molecule has 0 saturated heterocycles. The topological polar surface area (TPSA) is 63.7 Å². The molecule has 0 spiro atoms. The van der Waals surface area contributed by atoms with E-state index < -0.39 is 0 Å². The molecule has 3 aromatic rings. The minimum atomic E-state index is 0.349. The fourth-order valence-electron chi connectivity index (χ4n) is 1.99. The number of ether oxygens (including phenoxy) is 1. The molecule has 2 heterocycles. The highest BCUT2D eigenvalue weighted by molar-refractivity contribution is 9.10. The van der Waals surface area contributed by atoms with Crippen LogP contribution in [-0.2, 0) is 0 Å². The summed E-state index contributed by atoms with van der Waals surface area (Å²) in [7, 11) is 0. The van der Waals surface area contributed by atoms with Gasteiger partial charge in [-0.1, -0.05) is 29.8 Å². The van der Waals surface area contributed by atoms with Crippen molar-refractivity contribution in [1.82, 2.24) is 19.9 Å². The molecule has 2 aromatic heterocycles. The number of imidazole rings is 1. The molecule has 0 fully saturated rings. The van der Waals surface area contributed by atoms with Gasteiger partial charge in [0, 0.05) is 4.47 Å². The van der Waals surface area contributed by atoms with E-state index in [1.54, 1.807) is 6.33 Å². The Morgan fingerprint density at radius 1 is 1.20 bits per heavy atom. The average molecular weight is 333 g/mol. The molecule has 0 radical (unpaired) electrons. The molecule has 1 N–H and O–H groups in total. The number of benzene rings is 1. The van der Waals surface area contributed by atoms with Gasteiger partial charge in [-0.05, 0) is 29.7 Å². The van der Waals surface area contributed by atoms with Crippen molar-refractivity contribution < 1.29 is 4.74 Å². The Labute approximate surface area is 124 Å². The van der Waals surface area contributed by atoms with E-state index in [0.717, 1.165) is 15.8 Å². The fourth-order valence-corrected chi connectivity index (χ4v) is 2.37. The van der Waals surface area contributed by atoms with Crippen LogP contribution in [0.2, 0.25) is 0 Å². The Morgan fingerprint density at radius 2 is 2.05 bits per heavy atom. The van der Waals surface area contributed by atoms with Crippen LogP contribution < -0.4 is 4.74 Å². The maximum atomic E-state index is 5.95. The molecule has 5 nitrogen and oxygen atoms in total. The van der Waals surface area contributed by atoms with Crippen molar-refractivity contribution in [3.63, 3.8) is 0 Å². The lowest BCUT2D eigenvalue weighted by Crippen LogP contribution is -1.96. The van der Waals surface area contributed by atoms with Crippen molar-refractivity contribution >= 4 is 27.1 Å². The minimum absolute atomic E-state index is 0.349. The second-order valence-electron chi connectivity index (χ2n) is 4.72. The molecule has 0 saturated carbocycles. The molecule has 3 rings (SSSR count). The van der Waals surface area contributed by atoms with Crippen molar-refractivity contribution in [1.29, 1.82) is 0 Å². The number of nitrogens with one attached hydrogen (secondary N) is 1. The van der Waals surface area contributed by atoms with Gasteiger partial charge in [0.1, 0.15) is 17.6 Å². The molecule has 0 atom stereocenters. The molecule has 0 aliphatic heterocycles. The molecular weight excluding hydrogens is 320 g/mol. The van der Waals surface area contributed by atoms with E-state index in [9.17, 15) is 0 Å². The molecule has 102 valence electrons. The Morgan fingerprint density at radius 3 is 2.85 bits per heavy atom. The number of hydrogen-bond donors (Lipinski definition) is 1. The lowest BCUT2D eigenvalue weighted by atomic mass is 10.0. The minimum Gasteiger partial charge on any atom is -0.437 e. The standard InChI is InChI=1S/C14H13BrN4O/c1-8(2)10-5-9(15)3-4-11(10)20-14-12-13(17-6-16-12)18-7-19-14/h3-8H,1-2H3,(H,16,17,18,19). The SMILES string of the molecule is CC(C)c1cc(Br)ccc1Oc1ncnc2nc[nH]c12. The van der Waals surface area contributed by atoms with Gasteiger partial charge in [0.2, 0.25) is 5.88 Å². The zero-order valence-corrected chi connectivity index (χ0v) is 12.7. The second kappa shape index (κ2) is 5.20. The molecule has 1 aromatic carbocycles. The third kappa shape index (κ3) is 2.38. The van der Waals surface area contributed by atoms with Crippen LogP contribution in [0.15, 0.2) is 35.3 Å². The van der Waals surface area contributed by atoms with Crippen molar-refractivity contribution in [2.75, 3.05) is 0 Å². The highest BCUT2D eigenvalue weighted by Gasteiger charge is 2.13. The van der Waals surface area contributed by atoms with E-state index in [1.807, 2.05) is 12.1 Å². The van der Waals surface area contributed by atoms with Gasteiger partial charge in [-0.15, -0.1) is 0 Å². The quantitative estimate of drug-likeness (QED) is 0.786. The molecule has 0 aliphatic carbocycles. The van der Waals surface area contributed by atoms with Gasteiger partial charge in [0.15, 0.2) is 5.65 Å². The lowest BCUT2D eigenvalue weighted by molar-refractivity contribution is 0.458. The van der Waals surface area contributed by atoms with Crippen molar-refractivity contribution in [3.8, 4) is 11.6 Å². The summed E-state index contributed by atoms with van der Waals surface area (Å²) in [6.07, 6.45) is 3.03. The van der Waals surface area contributed by atoms with Crippen LogP contribution in [0.1, 0.15) is 25.3 Å². The average Bonchev–Trinajstić information content (AvgIpc) is 2.90. The van der Waals surface area contributed by atoms with Gasteiger partial charge in [-0.25, -0.2) is 9.97 Å². The normalized spacial score (nSPS) is 11.2. The molecule has 20 heavy (non-hydrogen) atoms. The van der Waals surface area contributed by atoms with Crippen LogP contribution in [0.25, 0.3) is 11.2 Å². The number of fused-ring (bicyclic) bond motifs is 1. The predicted molar refractivity (Wildman–Crippen MR) is 80.0 cm³/mol. The number of aromatic nitrogens is 4. The van der Waals surface area contributed by atoms with Gasteiger partial charge < -0.3 is 9.72 Å². The second-order valence-corrected chi connectivity index (χ2v) is 5.63. The maximum absolute atomic E-state index is 5.95. The largest absolute Gasteiger partial charge is 0.437 e. The zero-order chi connectivity index (χ0) is 14.1. The number of halogens is 1. The Kier molecular flexibility index (Phi) is 3.40. The Hall–Kier alpha value is -1.95. The van der Waals surface area contributed by atoms with Crippen molar-refractivity contribution in [3.05, 3.63) is 40.9 Å². The first-order valence-corrected chi connectivity index (χ1v) is 7.06. The first-order chi connectivity index (χ1) is 9.65. The van der Waals surface area contributed by atoms with Crippen LogP contribution in [0.3, 0.4) is 0 Å². The molecule has 0 amide bonds. The van der Waals surface area contributed by atoms with Crippen molar-refractivity contribution in [2.24, 2.45) is 0 Å². The summed E-state index contributed by atoms with van der Waals surface area (Å²) < 4.78 is 6.98. The molecule has 0 unspecified atom stereocenters. The third-order valence-corrected chi connectivity index (χ3v) is 3.48. The number of rotatable bonds is 3. The Balaban J connectivity index is 2.05. The van der Waals surface area contributed by atoms with E-state index in [2.05, 4.69) is 55.8 Å². The van der Waals surface area contributed by atoms with Crippen LogP contribution in [-0.4, -0.2) is 19.9 Å². The van der Waals surface area contributed by atoms with Crippen LogP contribution >= 0.6 is 15.9 Å². The third-order valence-electron chi connectivity index (χ3n) is 2.99. The van der Waals surface area contributed by atoms with Crippen molar-refractivity contribution in [2.45, 2.75) is 19.8 Å². The van der Waals surface area contributed by atoms with E-state index in [0.29, 0.717) is 23.0 Å². The summed E-state index contributed by atoms with van der Waals surface area (Å²) in [5.41, 5.74) is 2.41. The predicted octanol–water partition coefficient (Wildman–Crippen LogP) is 4.03. The van der Waals surface area contributed by atoms with Crippen LogP contribution in [0.5, 0.6) is 11.6 Å². The van der Waals surface area contributed by atoms with Gasteiger partial charge in [-0.2, -0.15) is 4.98 Å². The van der Waals surface area contributed by atoms with Gasteiger partial charge >= 0.3 is 0 Å². The smallest absolute Gasteiger partial charge is 0.248 e. The molecular formula is C14H13BrN4O. The number of H-pyrrole nitrogens is 1. The fraction of sp³-hybridized carbons (Fsp3) is 0.214. The van der Waals surface area contributed by atoms with Crippen LogP contribution in [0.4, 0.5) is 0 Å². The summed E-state index contributed by atoms with van der Waals surface area (Å²) in [6, 6.07) is 5.95. The highest BCUT2D eigenvalue weighted by Crippen LogP contribution is 2.33. The summed E-state index contributed by atoms with van der Waals surface area (Å²) in [5, 5.41) is 0. The summed E-state index contributed by atoms with van der Waals surface area (Å²) in [4.78, 5) is 15.4. The summed E-state index contributed by atoms with van der Waals surface area (Å²) in [5.74, 6) is 1.62. The maximum Gasteiger partial charge on any atom is 0.248 e. The number of hydrogen-bond acceptors (Lipinski definition) is 4. The molecule has 0 bridgehead atoms. The van der Waals surface area contributed by atoms with Gasteiger partial charge in [0.25, 0.3) is 0 Å². The van der Waals surface area contributed by atoms with E-state index in [4.69, 9.17) is 4.74 Å². The first-order valence-electron chi connectivity index (χ1n) is 6.26. The van der Waals surface area contributed by atoms with Crippen LogP contribution in [0, 0.1) is 0 Å². The number of aromatic amines is 1. The van der Waals surface area contributed by atoms with E-state index >= 15 is 0 Å². The zero-order valence-electron chi connectivity index (χ0n) is 11.1. The van der Waals surface area contributed by atoms with E-state index in [-0.39, 0.29) is 0 Å². The molecule has 6 heteroatoms. The van der Waals surface area contributed by atoms with Gasteiger partial charge in [0.05, 0.1) is 6.33 Å². The molecule has 0 aliphatic rings. The highest BCUT2D eigenvalue weighted by atomic mass is 79.9. The van der Waals surface area contributed by atoms with E-state index in [1.165, 1.54) is 6.33 Å². The monoisotopic (exact) mass is 332 g/mol. The summed E-state index contributed by atoms with van der Waals surface area (Å²) in [6.45, 7) is 4.25. The summed E-state index contributed by atoms with van der Waals surface area (Å²) >= 11 is 3.49. The van der Waals surface area contributed by atoms with Gasteiger partial charge in [-0.3, -0.25) is 0 Å². The number of nitrogens with zero attached hydrogens (tertiary/aromatic N) is 3. The lowest BCUT2D eigenvalue weighted by Gasteiger charge is -2.13.